The van der Waals surface area contributed by atoms with E-state index in [9.17, 15) is 9.59 Å². The zero-order valence-electron chi connectivity index (χ0n) is 14.6. The lowest BCUT2D eigenvalue weighted by atomic mass is 10.1. The number of hydrogen-bond acceptors (Lipinski definition) is 5. The zero-order valence-corrected chi connectivity index (χ0v) is 16.2. The van der Waals surface area contributed by atoms with Crippen LogP contribution in [-0.4, -0.2) is 25.2 Å². The Morgan fingerprint density at radius 2 is 1.96 bits per heavy atom. The molecule has 27 heavy (non-hydrogen) atoms. The Kier molecular flexibility index (Phi) is 6.32. The van der Waals surface area contributed by atoms with Gasteiger partial charge < -0.3 is 14.8 Å². The molecule has 1 aromatic heterocycles. The topological polar surface area (TPSA) is 64.6 Å². The minimum atomic E-state index is -0.852. The van der Waals surface area contributed by atoms with E-state index < -0.39 is 18.1 Å². The molecule has 0 unspecified atom stereocenters. The Bertz CT molecular complexity index is 942. The third kappa shape index (κ3) is 4.99. The molecular formula is C20H18ClNO4S. The minimum absolute atomic E-state index is 0.123. The number of thiophene rings is 1. The second-order valence-electron chi connectivity index (χ2n) is 5.89. The summed E-state index contributed by atoms with van der Waals surface area (Å²) < 4.78 is 11.1. The first-order chi connectivity index (χ1) is 13.1. The average Bonchev–Trinajstić information content (AvgIpc) is 3.08. The van der Waals surface area contributed by atoms with Gasteiger partial charge in [-0.2, -0.15) is 0 Å². The van der Waals surface area contributed by atoms with Crippen LogP contribution in [0.15, 0.2) is 53.9 Å². The lowest BCUT2D eigenvalue weighted by molar-refractivity contribution is -0.142. The normalized spacial score (nSPS) is 11.8. The van der Waals surface area contributed by atoms with Gasteiger partial charge in [0.25, 0.3) is 0 Å². The predicted molar refractivity (Wildman–Crippen MR) is 106 cm³/mol. The Morgan fingerprint density at radius 3 is 2.70 bits per heavy atom. The lowest BCUT2D eigenvalue weighted by Gasteiger charge is -2.16. The van der Waals surface area contributed by atoms with E-state index in [1.165, 1.54) is 7.11 Å². The number of nitrogens with one attached hydrogen (secondary N) is 1. The molecule has 0 fully saturated rings. The molecule has 0 saturated heterocycles. The van der Waals surface area contributed by atoms with E-state index in [4.69, 9.17) is 21.1 Å². The first kappa shape index (κ1) is 19.2. The molecule has 3 rings (SSSR count). The number of carbonyl (C=O) groups excluding carboxylic acids is 2. The van der Waals surface area contributed by atoms with Crippen molar-refractivity contribution in [2.45, 2.75) is 19.1 Å². The van der Waals surface area contributed by atoms with Crippen molar-refractivity contribution >= 4 is 45.1 Å². The number of ether oxygens (including phenoxy) is 2. The van der Waals surface area contributed by atoms with Crippen LogP contribution in [0.25, 0.3) is 10.1 Å². The summed E-state index contributed by atoms with van der Waals surface area (Å²) >= 11 is 7.64. The van der Waals surface area contributed by atoms with Crippen molar-refractivity contribution < 1.29 is 19.1 Å². The van der Waals surface area contributed by atoms with Crippen molar-refractivity contribution in [1.82, 2.24) is 5.32 Å². The summed E-state index contributed by atoms with van der Waals surface area (Å²) in [5.41, 5.74) is 1.77. The smallest absolute Gasteiger partial charge is 0.408 e. The van der Waals surface area contributed by atoms with E-state index in [1.54, 1.807) is 11.3 Å². The van der Waals surface area contributed by atoms with Crippen LogP contribution in [0.3, 0.4) is 0 Å². The Labute approximate surface area is 165 Å². The number of halogens is 1. The number of hydrogen-bond donors (Lipinski definition) is 1. The Morgan fingerprint density at radius 1 is 1.19 bits per heavy atom. The molecule has 0 saturated carbocycles. The van der Waals surface area contributed by atoms with Crippen molar-refractivity contribution in [3.05, 3.63) is 70.1 Å². The first-order valence-corrected chi connectivity index (χ1v) is 9.53. The monoisotopic (exact) mass is 403 g/mol. The van der Waals surface area contributed by atoms with Crippen LogP contribution in [0.4, 0.5) is 4.79 Å². The molecule has 5 nitrogen and oxygen atoms in total. The van der Waals surface area contributed by atoms with Gasteiger partial charge in [0.1, 0.15) is 12.6 Å². The van der Waals surface area contributed by atoms with E-state index in [-0.39, 0.29) is 13.0 Å². The van der Waals surface area contributed by atoms with E-state index in [0.29, 0.717) is 5.02 Å². The summed E-state index contributed by atoms with van der Waals surface area (Å²) in [6.45, 7) is 0.123. The quantitative estimate of drug-likeness (QED) is 0.612. The maximum absolute atomic E-state index is 12.1. The standard InChI is InChI=1S/C20H18ClNO4S/c1-25-19(23)17(22-20(24)26-11-13-5-3-2-4-6-13)9-14-12-27-18-8-7-15(21)10-16(14)18/h2-8,10,12,17H,9,11H2,1H3,(H,22,24)/t17-/m0/s1. The molecule has 2 aromatic carbocycles. The fraction of sp³-hybridized carbons (Fsp3) is 0.200. The first-order valence-electron chi connectivity index (χ1n) is 8.27. The van der Waals surface area contributed by atoms with Gasteiger partial charge in [0, 0.05) is 16.1 Å². The molecule has 0 aliphatic heterocycles. The van der Waals surface area contributed by atoms with Gasteiger partial charge in [-0.3, -0.25) is 0 Å². The molecule has 1 heterocycles. The van der Waals surface area contributed by atoms with Crippen molar-refractivity contribution in [2.75, 3.05) is 7.11 Å². The highest BCUT2D eigenvalue weighted by atomic mass is 35.5. The molecule has 0 spiro atoms. The largest absolute Gasteiger partial charge is 0.467 e. The zero-order chi connectivity index (χ0) is 19.2. The van der Waals surface area contributed by atoms with Crippen molar-refractivity contribution in [3.8, 4) is 0 Å². The molecule has 1 atom stereocenters. The summed E-state index contributed by atoms with van der Waals surface area (Å²) in [5, 5.41) is 6.12. The number of carbonyl (C=O) groups is 2. The van der Waals surface area contributed by atoms with Crippen molar-refractivity contribution in [3.63, 3.8) is 0 Å². The van der Waals surface area contributed by atoms with Crippen LogP contribution >= 0.6 is 22.9 Å². The maximum atomic E-state index is 12.1. The molecule has 140 valence electrons. The van der Waals surface area contributed by atoms with Crippen molar-refractivity contribution in [1.29, 1.82) is 0 Å². The Hall–Kier alpha value is -2.57. The van der Waals surface area contributed by atoms with Crippen LogP contribution < -0.4 is 5.32 Å². The molecule has 0 radical (unpaired) electrons. The fourth-order valence-electron chi connectivity index (χ4n) is 2.67. The third-order valence-electron chi connectivity index (χ3n) is 4.03. The number of fused-ring (bicyclic) bond motifs is 1. The van der Waals surface area contributed by atoms with Crippen LogP contribution in [-0.2, 0) is 27.3 Å². The highest BCUT2D eigenvalue weighted by Crippen LogP contribution is 2.29. The second kappa shape index (κ2) is 8.88. The van der Waals surface area contributed by atoms with Crippen LogP contribution in [0.5, 0.6) is 0 Å². The van der Waals surface area contributed by atoms with Gasteiger partial charge in [0.2, 0.25) is 0 Å². The van der Waals surface area contributed by atoms with Crippen LogP contribution in [0.1, 0.15) is 11.1 Å². The SMILES string of the molecule is COC(=O)[C@H](Cc1csc2ccc(Cl)cc12)NC(=O)OCc1ccccc1. The summed E-state index contributed by atoms with van der Waals surface area (Å²) in [7, 11) is 1.29. The van der Waals surface area contributed by atoms with E-state index in [2.05, 4.69) is 5.32 Å². The summed E-state index contributed by atoms with van der Waals surface area (Å²) in [6.07, 6.45) is -0.389. The van der Waals surface area contributed by atoms with E-state index in [1.807, 2.05) is 53.9 Å². The fourth-order valence-corrected chi connectivity index (χ4v) is 3.80. The van der Waals surface area contributed by atoms with Gasteiger partial charge >= 0.3 is 12.1 Å². The Balaban J connectivity index is 1.69. The van der Waals surface area contributed by atoms with Gasteiger partial charge in [-0.25, -0.2) is 9.59 Å². The third-order valence-corrected chi connectivity index (χ3v) is 5.28. The van der Waals surface area contributed by atoms with Gasteiger partial charge in [0.05, 0.1) is 7.11 Å². The van der Waals surface area contributed by atoms with E-state index in [0.717, 1.165) is 21.2 Å². The van der Waals surface area contributed by atoms with Gasteiger partial charge in [-0.05, 0) is 40.1 Å². The molecule has 7 heteroatoms. The lowest BCUT2D eigenvalue weighted by Crippen LogP contribution is -2.43. The van der Waals surface area contributed by atoms with Gasteiger partial charge in [0.15, 0.2) is 0 Å². The molecule has 0 aliphatic carbocycles. The summed E-state index contributed by atoms with van der Waals surface area (Å²) in [5.74, 6) is -0.534. The van der Waals surface area contributed by atoms with Gasteiger partial charge in [-0.1, -0.05) is 41.9 Å². The number of amides is 1. The highest BCUT2D eigenvalue weighted by molar-refractivity contribution is 7.17. The molecule has 1 amide bonds. The average molecular weight is 404 g/mol. The number of rotatable bonds is 6. The van der Waals surface area contributed by atoms with Crippen LogP contribution in [0, 0.1) is 0 Å². The summed E-state index contributed by atoms with van der Waals surface area (Å²) in [4.78, 5) is 24.3. The van der Waals surface area contributed by atoms with Crippen LogP contribution in [0.2, 0.25) is 5.02 Å². The molecule has 3 aromatic rings. The molecular weight excluding hydrogens is 386 g/mol. The number of benzene rings is 2. The molecule has 0 aliphatic rings. The second-order valence-corrected chi connectivity index (χ2v) is 7.24. The number of esters is 1. The molecule has 0 bridgehead atoms. The minimum Gasteiger partial charge on any atom is -0.467 e. The summed E-state index contributed by atoms with van der Waals surface area (Å²) in [6, 6.07) is 14.1. The maximum Gasteiger partial charge on any atom is 0.408 e. The van der Waals surface area contributed by atoms with E-state index >= 15 is 0 Å². The highest BCUT2D eigenvalue weighted by Gasteiger charge is 2.24. The number of methoxy groups -OCH3 is 1. The van der Waals surface area contributed by atoms with Crippen molar-refractivity contribution in [2.24, 2.45) is 0 Å². The molecule has 1 N–H and O–H groups in total. The predicted octanol–water partition coefficient (Wildman–Crippen LogP) is 4.57. The number of alkyl carbamates (subject to hydrolysis) is 1. The van der Waals surface area contributed by atoms with Gasteiger partial charge in [-0.15, -0.1) is 11.3 Å².